The zero-order valence-electron chi connectivity index (χ0n) is 17.9. The molecule has 12 heteroatoms. The first-order valence-corrected chi connectivity index (χ1v) is 12.2. The van der Waals surface area contributed by atoms with E-state index in [1.807, 2.05) is 12.1 Å². The van der Waals surface area contributed by atoms with E-state index >= 15 is 0 Å². The minimum Gasteiger partial charge on any atom is -0.465 e. The molecule has 0 aliphatic heterocycles. The SMILES string of the molecule is COC(=O)c1ccc(C2CC2)c(S(=O)(=O)Nc2cc(-n3cnnn3)c(Cl)cc2-n2cccc2)c1. The number of aromatic nitrogens is 5. The molecule has 174 valence electrons. The Hall–Kier alpha value is -3.70. The minimum absolute atomic E-state index is 0.0373. The van der Waals surface area contributed by atoms with Crippen LogP contribution in [0.3, 0.4) is 0 Å². The van der Waals surface area contributed by atoms with E-state index in [1.165, 1.54) is 24.2 Å². The number of hydrogen-bond donors (Lipinski definition) is 1. The third kappa shape index (κ3) is 4.15. The number of tetrazole rings is 1. The van der Waals surface area contributed by atoms with Crippen molar-refractivity contribution >= 4 is 33.3 Å². The van der Waals surface area contributed by atoms with Crippen LogP contribution in [0.5, 0.6) is 0 Å². The van der Waals surface area contributed by atoms with Crippen molar-refractivity contribution in [2.24, 2.45) is 0 Å². The van der Waals surface area contributed by atoms with E-state index in [0.29, 0.717) is 22.0 Å². The second kappa shape index (κ2) is 8.58. The summed E-state index contributed by atoms with van der Waals surface area (Å²) in [5, 5.41) is 11.4. The number of ether oxygens (including phenoxy) is 1. The van der Waals surface area contributed by atoms with Crippen molar-refractivity contribution in [3.63, 3.8) is 0 Å². The van der Waals surface area contributed by atoms with Crippen LogP contribution in [-0.4, -0.2) is 46.3 Å². The monoisotopic (exact) mass is 498 g/mol. The van der Waals surface area contributed by atoms with Crippen LogP contribution in [-0.2, 0) is 14.8 Å². The van der Waals surface area contributed by atoms with Crippen LogP contribution in [0.1, 0.15) is 34.7 Å². The Bertz CT molecular complexity index is 1470. The van der Waals surface area contributed by atoms with Crippen molar-refractivity contribution in [1.82, 2.24) is 24.8 Å². The fourth-order valence-electron chi connectivity index (χ4n) is 3.73. The molecule has 0 saturated heterocycles. The molecule has 34 heavy (non-hydrogen) atoms. The van der Waals surface area contributed by atoms with Crippen molar-refractivity contribution in [2.45, 2.75) is 23.7 Å². The molecule has 1 aliphatic carbocycles. The molecule has 0 spiro atoms. The zero-order chi connectivity index (χ0) is 23.9. The van der Waals surface area contributed by atoms with Gasteiger partial charge < -0.3 is 9.30 Å². The number of sulfonamides is 1. The predicted octanol–water partition coefficient (Wildman–Crippen LogP) is 3.57. The van der Waals surface area contributed by atoms with Gasteiger partial charge in [-0.1, -0.05) is 17.7 Å². The molecule has 10 nitrogen and oxygen atoms in total. The third-order valence-electron chi connectivity index (χ3n) is 5.53. The summed E-state index contributed by atoms with van der Waals surface area (Å²) in [5.41, 5.74) is 1.98. The lowest BCUT2D eigenvalue weighted by molar-refractivity contribution is 0.0600. The highest BCUT2D eigenvalue weighted by molar-refractivity contribution is 7.92. The Labute approximate surface area is 200 Å². The maximum absolute atomic E-state index is 13.7. The average Bonchev–Trinajstić information content (AvgIpc) is 3.28. The number of anilines is 1. The van der Waals surface area contributed by atoms with Gasteiger partial charge in [-0.15, -0.1) is 5.10 Å². The van der Waals surface area contributed by atoms with Crippen LogP contribution in [0.15, 0.2) is 66.1 Å². The quantitative estimate of drug-likeness (QED) is 0.386. The molecule has 0 bridgehead atoms. The summed E-state index contributed by atoms with van der Waals surface area (Å²) in [6.07, 6.45) is 6.68. The summed E-state index contributed by atoms with van der Waals surface area (Å²) in [7, 11) is -2.85. The molecule has 1 fully saturated rings. The second-order valence-corrected chi connectivity index (χ2v) is 9.85. The standard InChI is InChI=1S/C22H19ClN6O4S/c1-33-22(30)15-6-7-16(14-4-5-14)21(10-15)34(31,32)25-18-12-19(29-13-24-26-27-29)17(23)11-20(18)28-8-2-3-9-28/h2-3,6-14,25H,4-5H2,1H3. The smallest absolute Gasteiger partial charge is 0.337 e. The van der Waals surface area contributed by atoms with Gasteiger partial charge in [0.2, 0.25) is 0 Å². The number of halogens is 1. The largest absolute Gasteiger partial charge is 0.465 e. The Morgan fingerprint density at radius 1 is 1.15 bits per heavy atom. The highest BCUT2D eigenvalue weighted by Gasteiger charge is 2.32. The number of hydrogen-bond acceptors (Lipinski definition) is 7. The minimum atomic E-state index is -4.10. The van der Waals surface area contributed by atoms with Crippen LogP contribution in [0.4, 0.5) is 5.69 Å². The summed E-state index contributed by atoms with van der Waals surface area (Å²) in [4.78, 5) is 12.1. The molecular formula is C22H19ClN6O4S. The Kier molecular flexibility index (Phi) is 5.58. The number of rotatable bonds is 7. The first-order chi connectivity index (χ1) is 16.4. The van der Waals surface area contributed by atoms with Crippen LogP contribution < -0.4 is 4.72 Å². The predicted molar refractivity (Wildman–Crippen MR) is 124 cm³/mol. The van der Waals surface area contributed by atoms with E-state index in [9.17, 15) is 13.2 Å². The normalized spacial score (nSPS) is 13.6. The molecule has 0 amide bonds. The molecular weight excluding hydrogens is 480 g/mol. The Morgan fingerprint density at radius 3 is 2.56 bits per heavy atom. The number of carbonyl (C=O) groups excluding carboxylic acids is 1. The first-order valence-electron chi connectivity index (χ1n) is 10.3. The van der Waals surface area contributed by atoms with Gasteiger partial charge >= 0.3 is 5.97 Å². The topological polar surface area (TPSA) is 121 Å². The number of nitrogens with one attached hydrogen (secondary N) is 1. The molecule has 0 unspecified atom stereocenters. The molecule has 2 aromatic heterocycles. The van der Waals surface area contributed by atoms with Gasteiger partial charge in [-0.05, 0) is 71.1 Å². The number of benzene rings is 2. The fraction of sp³-hybridized carbons (Fsp3) is 0.182. The van der Waals surface area contributed by atoms with Crippen molar-refractivity contribution in [3.05, 3.63) is 77.3 Å². The van der Waals surface area contributed by atoms with Gasteiger partial charge in [0.15, 0.2) is 0 Å². The molecule has 1 aliphatic rings. The molecule has 0 radical (unpaired) electrons. The summed E-state index contributed by atoms with van der Waals surface area (Å²) in [6.45, 7) is 0. The molecule has 0 atom stereocenters. The van der Waals surface area contributed by atoms with Crippen molar-refractivity contribution < 1.29 is 17.9 Å². The van der Waals surface area contributed by atoms with Crippen LogP contribution in [0.2, 0.25) is 5.02 Å². The lowest BCUT2D eigenvalue weighted by Crippen LogP contribution is -2.18. The second-order valence-electron chi connectivity index (χ2n) is 7.79. The summed E-state index contributed by atoms with van der Waals surface area (Å²) >= 11 is 6.49. The highest BCUT2D eigenvalue weighted by Crippen LogP contribution is 2.43. The maximum atomic E-state index is 13.7. The molecule has 1 saturated carbocycles. The van der Waals surface area contributed by atoms with Gasteiger partial charge in [-0.2, -0.15) is 4.68 Å². The maximum Gasteiger partial charge on any atom is 0.337 e. The number of nitrogens with zero attached hydrogens (tertiary/aromatic N) is 5. The summed E-state index contributed by atoms with van der Waals surface area (Å²) < 4.78 is 37.9. The summed E-state index contributed by atoms with van der Waals surface area (Å²) in [5.74, 6) is -0.483. The van der Waals surface area contributed by atoms with Crippen molar-refractivity contribution in [2.75, 3.05) is 11.8 Å². The van der Waals surface area contributed by atoms with E-state index in [4.69, 9.17) is 16.3 Å². The third-order valence-corrected chi connectivity index (χ3v) is 7.25. The van der Waals surface area contributed by atoms with Gasteiger partial charge in [0.25, 0.3) is 10.0 Å². The molecule has 2 heterocycles. The lowest BCUT2D eigenvalue weighted by atomic mass is 10.1. The zero-order valence-corrected chi connectivity index (χ0v) is 19.5. The summed E-state index contributed by atoms with van der Waals surface area (Å²) in [6, 6.07) is 11.4. The molecule has 5 rings (SSSR count). The van der Waals surface area contributed by atoms with Crippen molar-refractivity contribution in [3.8, 4) is 11.4 Å². The van der Waals surface area contributed by atoms with Crippen LogP contribution in [0.25, 0.3) is 11.4 Å². The number of methoxy groups -OCH3 is 1. The number of carbonyl (C=O) groups is 1. The van der Waals surface area contributed by atoms with E-state index < -0.39 is 16.0 Å². The van der Waals surface area contributed by atoms with Crippen molar-refractivity contribution in [1.29, 1.82) is 0 Å². The van der Waals surface area contributed by atoms with Gasteiger partial charge in [0, 0.05) is 12.4 Å². The highest BCUT2D eigenvalue weighted by atomic mass is 35.5. The number of esters is 1. The van der Waals surface area contributed by atoms with Gasteiger partial charge in [-0.3, -0.25) is 4.72 Å². The van der Waals surface area contributed by atoms with E-state index in [-0.39, 0.29) is 22.1 Å². The van der Waals surface area contributed by atoms with E-state index in [1.54, 1.807) is 41.2 Å². The Balaban J connectivity index is 1.64. The van der Waals surface area contributed by atoms with Gasteiger partial charge in [-0.25, -0.2) is 13.2 Å². The molecule has 4 aromatic rings. The van der Waals surface area contributed by atoms with Gasteiger partial charge in [0.1, 0.15) is 6.33 Å². The fourth-order valence-corrected chi connectivity index (χ4v) is 5.37. The van der Waals surface area contributed by atoms with Crippen LogP contribution in [0, 0.1) is 0 Å². The first kappa shape index (κ1) is 22.1. The van der Waals surface area contributed by atoms with Crippen LogP contribution >= 0.6 is 11.6 Å². The molecule has 1 N–H and O–H groups in total. The van der Waals surface area contributed by atoms with E-state index in [0.717, 1.165) is 12.8 Å². The lowest BCUT2D eigenvalue weighted by Gasteiger charge is -2.18. The van der Waals surface area contributed by atoms with Gasteiger partial charge in [0.05, 0.1) is 39.7 Å². The van der Waals surface area contributed by atoms with E-state index in [2.05, 4.69) is 20.2 Å². The average molecular weight is 499 g/mol. The molecule has 2 aromatic carbocycles. The Morgan fingerprint density at radius 2 is 1.91 bits per heavy atom.